The molecule has 0 aliphatic carbocycles. The number of hydrogen-bond acceptors (Lipinski definition) is 5. The zero-order chi connectivity index (χ0) is 15.0. The van der Waals surface area contributed by atoms with Crippen molar-refractivity contribution < 1.29 is 19.1 Å². The molecule has 7 nitrogen and oxygen atoms in total. The molecule has 0 aliphatic heterocycles. The van der Waals surface area contributed by atoms with Crippen molar-refractivity contribution in [3.63, 3.8) is 0 Å². The lowest BCUT2D eigenvalue weighted by molar-refractivity contribution is -0.122. The number of methoxy groups -OCH3 is 1. The van der Waals surface area contributed by atoms with Gasteiger partial charge in [-0.2, -0.15) is 0 Å². The van der Waals surface area contributed by atoms with Crippen LogP contribution in [0.5, 0.6) is 5.75 Å². The zero-order valence-corrected chi connectivity index (χ0v) is 11.6. The molecule has 1 aromatic carbocycles. The first kappa shape index (κ1) is 15.8. The number of ether oxygens (including phenoxy) is 2. The molecule has 0 atom stereocenters. The van der Waals surface area contributed by atoms with Crippen molar-refractivity contribution >= 4 is 17.5 Å². The van der Waals surface area contributed by atoms with E-state index < -0.39 is 0 Å². The predicted molar refractivity (Wildman–Crippen MR) is 74.6 cm³/mol. The van der Waals surface area contributed by atoms with E-state index in [9.17, 15) is 9.59 Å². The quantitative estimate of drug-likeness (QED) is 0.473. The standard InChI is InChI=1S/C13H19N3O4/c1-15-12(17)8-20-11-4-3-9(7-10(11)14)13(18)16-5-6-19-2/h3-4,7H,5-6,8,14H2,1-2H3,(H,15,17)(H,16,18). The Morgan fingerprint density at radius 3 is 2.70 bits per heavy atom. The highest BCUT2D eigenvalue weighted by Gasteiger charge is 2.09. The van der Waals surface area contributed by atoms with Crippen molar-refractivity contribution in [2.24, 2.45) is 0 Å². The monoisotopic (exact) mass is 281 g/mol. The van der Waals surface area contributed by atoms with E-state index in [0.717, 1.165) is 0 Å². The predicted octanol–water partition coefficient (Wildman–Crippen LogP) is -0.230. The second-order valence-corrected chi connectivity index (χ2v) is 3.96. The second-order valence-electron chi connectivity index (χ2n) is 3.96. The van der Waals surface area contributed by atoms with Crippen LogP contribution in [0.1, 0.15) is 10.4 Å². The van der Waals surface area contributed by atoms with E-state index >= 15 is 0 Å². The number of benzene rings is 1. The Labute approximate surface area is 117 Å². The number of carbonyl (C=O) groups excluding carboxylic acids is 2. The van der Waals surface area contributed by atoms with E-state index in [4.69, 9.17) is 15.2 Å². The maximum Gasteiger partial charge on any atom is 0.257 e. The molecule has 1 rings (SSSR count). The third-order valence-corrected chi connectivity index (χ3v) is 2.50. The molecule has 0 heterocycles. The van der Waals surface area contributed by atoms with Gasteiger partial charge in [0.1, 0.15) is 5.75 Å². The summed E-state index contributed by atoms with van der Waals surface area (Å²) in [5.74, 6) is -0.139. The molecule has 0 spiro atoms. The minimum Gasteiger partial charge on any atom is -0.482 e. The van der Waals surface area contributed by atoms with Crippen LogP contribution < -0.4 is 21.1 Å². The number of likely N-dealkylation sites (N-methyl/N-ethyl adjacent to an activating group) is 1. The molecule has 2 amide bonds. The van der Waals surface area contributed by atoms with Crippen molar-refractivity contribution in [2.75, 3.05) is 39.6 Å². The van der Waals surface area contributed by atoms with Gasteiger partial charge < -0.3 is 25.8 Å². The molecule has 7 heteroatoms. The van der Waals surface area contributed by atoms with Gasteiger partial charge in [-0.05, 0) is 18.2 Å². The number of nitrogens with one attached hydrogen (secondary N) is 2. The van der Waals surface area contributed by atoms with Gasteiger partial charge in [0, 0.05) is 26.3 Å². The van der Waals surface area contributed by atoms with E-state index in [1.807, 2.05) is 0 Å². The van der Waals surface area contributed by atoms with Crippen LogP contribution in [0.2, 0.25) is 0 Å². The molecular weight excluding hydrogens is 262 g/mol. The van der Waals surface area contributed by atoms with Crippen molar-refractivity contribution in [1.29, 1.82) is 0 Å². The van der Waals surface area contributed by atoms with Gasteiger partial charge in [0.15, 0.2) is 6.61 Å². The lowest BCUT2D eigenvalue weighted by atomic mass is 10.1. The van der Waals surface area contributed by atoms with Crippen LogP contribution in [0.3, 0.4) is 0 Å². The van der Waals surface area contributed by atoms with Crippen LogP contribution in [-0.2, 0) is 9.53 Å². The number of hydrogen-bond donors (Lipinski definition) is 3. The van der Waals surface area contributed by atoms with Gasteiger partial charge in [0.25, 0.3) is 11.8 Å². The lowest BCUT2D eigenvalue weighted by Crippen LogP contribution is -2.27. The van der Waals surface area contributed by atoms with Crippen LogP contribution in [0, 0.1) is 0 Å². The van der Waals surface area contributed by atoms with Gasteiger partial charge in [-0.3, -0.25) is 9.59 Å². The summed E-state index contributed by atoms with van der Waals surface area (Å²) in [6, 6.07) is 4.64. The molecule has 0 radical (unpaired) electrons. The van der Waals surface area contributed by atoms with E-state index in [1.54, 1.807) is 19.2 Å². The first-order chi connectivity index (χ1) is 9.58. The Morgan fingerprint density at radius 2 is 2.10 bits per heavy atom. The maximum absolute atomic E-state index is 11.8. The highest BCUT2D eigenvalue weighted by atomic mass is 16.5. The fraction of sp³-hybridized carbons (Fsp3) is 0.385. The first-order valence-electron chi connectivity index (χ1n) is 6.08. The summed E-state index contributed by atoms with van der Waals surface area (Å²) >= 11 is 0. The van der Waals surface area contributed by atoms with Crippen LogP contribution in [0.4, 0.5) is 5.69 Å². The summed E-state index contributed by atoms with van der Waals surface area (Å²) < 4.78 is 10.1. The zero-order valence-electron chi connectivity index (χ0n) is 11.6. The van der Waals surface area contributed by atoms with Crippen molar-refractivity contribution in [2.45, 2.75) is 0 Å². The largest absolute Gasteiger partial charge is 0.482 e. The fourth-order valence-corrected chi connectivity index (χ4v) is 1.41. The highest BCUT2D eigenvalue weighted by Crippen LogP contribution is 2.22. The number of anilines is 1. The van der Waals surface area contributed by atoms with E-state index in [1.165, 1.54) is 13.1 Å². The number of amides is 2. The van der Waals surface area contributed by atoms with Crippen molar-refractivity contribution in [3.8, 4) is 5.75 Å². The molecular formula is C13H19N3O4. The topological polar surface area (TPSA) is 103 Å². The maximum atomic E-state index is 11.8. The smallest absolute Gasteiger partial charge is 0.257 e. The lowest BCUT2D eigenvalue weighted by Gasteiger charge is -2.10. The summed E-state index contributed by atoms with van der Waals surface area (Å²) in [4.78, 5) is 22.8. The molecule has 0 aliphatic rings. The summed E-state index contributed by atoms with van der Waals surface area (Å²) in [7, 11) is 3.07. The van der Waals surface area contributed by atoms with Gasteiger partial charge in [0.2, 0.25) is 0 Å². The van der Waals surface area contributed by atoms with Gasteiger partial charge in [-0.1, -0.05) is 0 Å². The Kier molecular flexibility index (Phi) is 6.31. The second kappa shape index (κ2) is 8.00. The molecule has 4 N–H and O–H groups in total. The first-order valence-corrected chi connectivity index (χ1v) is 6.08. The third kappa shape index (κ3) is 4.77. The van der Waals surface area contributed by atoms with E-state index in [2.05, 4.69) is 10.6 Å². The van der Waals surface area contributed by atoms with Crippen LogP contribution >= 0.6 is 0 Å². The van der Waals surface area contributed by atoms with Gasteiger partial charge in [-0.15, -0.1) is 0 Å². The van der Waals surface area contributed by atoms with Crippen LogP contribution in [0.25, 0.3) is 0 Å². The average molecular weight is 281 g/mol. The minimum absolute atomic E-state index is 0.125. The Bertz CT molecular complexity index is 477. The van der Waals surface area contributed by atoms with Gasteiger partial charge >= 0.3 is 0 Å². The van der Waals surface area contributed by atoms with E-state index in [0.29, 0.717) is 30.2 Å². The molecule has 0 aromatic heterocycles. The number of nitrogen functional groups attached to an aromatic ring is 1. The SMILES string of the molecule is CNC(=O)COc1ccc(C(=O)NCCOC)cc1N. The molecule has 0 saturated carbocycles. The third-order valence-electron chi connectivity index (χ3n) is 2.50. The van der Waals surface area contributed by atoms with Gasteiger partial charge in [-0.25, -0.2) is 0 Å². The molecule has 20 heavy (non-hydrogen) atoms. The number of nitrogens with two attached hydrogens (primary N) is 1. The van der Waals surface area contributed by atoms with Crippen molar-refractivity contribution in [3.05, 3.63) is 23.8 Å². The molecule has 0 unspecified atom stereocenters. The normalized spacial score (nSPS) is 9.90. The molecule has 110 valence electrons. The summed E-state index contributed by atoms with van der Waals surface area (Å²) in [5.41, 5.74) is 6.50. The van der Waals surface area contributed by atoms with Crippen molar-refractivity contribution in [1.82, 2.24) is 10.6 Å². The summed E-state index contributed by atoms with van der Waals surface area (Å²) in [6.45, 7) is 0.735. The highest BCUT2D eigenvalue weighted by molar-refractivity contribution is 5.95. The molecule has 0 saturated heterocycles. The molecule has 1 aromatic rings. The Balaban J connectivity index is 2.62. The Hall–Kier alpha value is -2.28. The fourth-order valence-electron chi connectivity index (χ4n) is 1.41. The number of rotatable bonds is 7. The minimum atomic E-state index is -0.259. The van der Waals surface area contributed by atoms with E-state index in [-0.39, 0.29) is 18.4 Å². The van der Waals surface area contributed by atoms with Crippen LogP contribution in [-0.4, -0.2) is 45.7 Å². The Morgan fingerprint density at radius 1 is 1.35 bits per heavy atom. The summed E-state index contributed by atoms with van der Waals surface area (Å²) in [6.07, 6.45) is 0. The van der Waals surface area contributed by atoms with Gasteiger partial charge in [0.05, 0.1) is 12.3 Å². The number of carbonyl (C=O) groups is 2. The molecule has 0 fully saturated rings. The summed E-state index contributed by atoms with van der Waals surface area (Å²) in [5, 5.41) is 5.11. The average Bonchev–Trinajstić information content (AvgIpc) is 2.45. The molecule has 0 bridgehead atoms. The van der Waals surface area contributed by atoms with Crippen LogP contribution in [0.15, 0.2) is 18.2 Å².